The summed E-state index contributed by atoms with van der Waals surface area (Å²) in [5, 5.41) is 12.4. The van der Waals surface area contributed by atoms with Gasteiger partial charge < -0.3 is 5.32 Å². The quantitative estimate of drug-likeness (QED) is 0.742. The van der Waals surface area contributed by atoms with Crippen LogP contribution in [0.25, 0.3) is 10.9 Å². The van der Waals surface area contributed by atoms with Crippen LogP contribution in [-0.2, 0) is 0 Å². The number of rotatable bonds is 3. The first-order valence-electron chi connectivity index (χ1n) is 6.18. The van der Waals surface area contributed by atoms with E-state index in [1.165, 1.54) is 0 Å². The number of aromatic amines is 1. The van der Waals surface area contributed by atoms with Crippen molar-refractivity contribution in [3.63, 3.8) is 0 Å². The van der Waals surface area contributed by atoms with Gasteiger partial charge in [0.05, 0.1) is 11.7 Å². The first-order chi connectivity index (χ1) is 9.24. The minimum absolute atomic E-state index is 0.180. The molecular formula is C15H14ClN3. The van der Waals surface area contributed by atoms with E-state index in [-0.39, 0.29) is 6.04 Å². The van der Waals surface area contributed by atoms with E-state index in [1.54, 1.807) is 0 Å². The standard InChI is InChI=1S/C15H14ClN3/c1-10(11-4-2-5-12(16)8-11)18-14-6-3-7-15-13(14)9-17-19-15/h2-10,18H,1H3,(H,17,19). The fourth-order valence-corrected chi connectivity index (χ4v) is 2.39. The molecule has 0 aliphatic heterocycles. The SMILES string of the molecule is CC(Nc1cccc2[nH]ncc12)c1cccc(Cl)c1. The lowest BCUT2D eigenvalue weighted by Gasteiger charge is -2.16. The highest BCUT2D eigenvalue weighted by Crippen LogP contribution is 2.26. The average molecular weight is 272 g/mol. The minimum Gasteiger partial charge on any atom is -0.378 e. The van der Waals surface area contributed by atoms with Gasteiger partial charge in [-0.25, -0.2) is 0 Å². The van der Waals surface area contributed by atoms with Crippen LogP contribution in [0.3, 0.4) is 0 Å². The van der Waals surface area contributed by atoms with E-state index in [0.717, 1.165) is 27.2 Å². The van der Waals surface area contributed by atoms with Gasteiger partial charge in [-0.2, -0.15) is 5.10 Å². The van der Waals surface area contributed by atoms with Crippen LogP contribution in [0.4, 0.5) is 5.69 Å². The zero-order valence-corrected chi connectivity index (χ0v) is 11.3. The number of aromatic nitrogens is 2. The zero-order chi connectivity index (χ0) is 13.2. The van der Waals surface area contributed by atoms with Gasteiger partial charge in [-0.15, -0.1) is 0 Å². The lowest BCUT2D eigenvalue weighted by Crippen LogP contribution is -2.06. The number of H-pyrrole nitrogens is 1. The molecule has 0 radical (unpaired) electrons. The molecule has 0 bridgehead atoms. The Hall–Kier alpha value is -2.00. The van der Waals surface area contributed by atoms with Crippen LogP contribution in [0.15, 0.2) is 48.7 Å². The lowest BCUT2D eigenvalue weighted by molar-refractivity contribution is 0.887. The van der Waals surface area contributed by atoms with E-state index in [1.807, 2.05) is 36.5 Å². The smallest absolute Gasteiger partial charge is 0.0671 e. The van der Waals surface area contributed by atoms with Crippen LogP contribution in [0.1, 0.15) is 18.5 Å². The van der Waals surface area contributed by atoms with E-state index in [2.05, 4.69) is 34.6 Å². The van der Waals surface area contributed by atoms with Crippen molar-refractivity contribution in [3.05, 3.63) is 59.2 Å². The topological polar surface area (TPSA) is 40.7 Å². The molecule has 4 heteroatoms. The molecule has 2 aromatic carbocycles. The van der Waals surface area contributed by atoms with Gasteiger partial charge in [-0.3, -0.25) is 5.10 Å². The number of anilines is 1. The Morgan fingerprint density at radius 3 is 2.89 bits per heavy atom. The summed E-state index contributed by atoms with van der Waals surface area (Å²) in [5.74, 6) is 0. The molecule has 1 aromatic heterocycles. The number of halogens is 1. The Bertz CT molecular complexity index is 705. The maximum absolute atomic E-state index is 6.03. The zero-order valence-electron chi connectivity index (χ0n) is 10.5. The van der Waals surface area contributed by atoms with Crippen LogP contribution in [0.5, 0.6) is 0 Å². The number of benzene rings is 2. The summed E-state index contributed by atoms with van der Waals surface area (Å²) in [4.78, 5) is 0. The maximum atomic E-state index is 6.03. The second kappa shape index (κ2) is 4.94. The largest absolute Gasteiger partial charge is 0.378 e. The highest BCUT2D eigenvalue weighted by Gasteiger charge is 2.08. The van der Waals surface area contributed by atoms with Crippen molar-refractivity contribution in [1.29, 1.82) is 0 Å². The molecule has 0 saturated carbocycles. The first-order valence-corrected chi connectivity index (χ1v) is 6.56. The third-order valence-electron chi connectivity index (χ3n) is 3.21. The summed E-state index contributed by atoms with van der Waals surface area (Å²) in [6.07, 6.45) is 1.84. The fourth-order valence-electron chi connectivity index (χ4n) is 2.19. The van der Waals surface area contributed by atoms with Crippen LogP contribution in [0.2, 0.25) is 5.02 Å². The number of fused-ring (bicyclic) bond motifs is 1. The molecule has 0 spiro atoms. The molecule has 2 N–H and O–H groups in total. The van der Waals surface area contributed by atoms with Crippen LogP contribution < -0.4 is 5.32 Å². The fraction of sp³-hybridized carbons (Fsp3) is 0.133. The van der Waals surface area contributed by atoms with Gasteiger partial charge in [0.2, 0.25) is 0 Å². The minimum atomic E-state index is 0.180. The molecule has 19 heavy (non-hydrogen) atoms. The molecule has 0 amide bonds. The summed E-state index contributed by atoms with van der Waals surface area (Å²) < 4.78 is 0. The van der Waals surface area contributed by atoms with E-state index in [0.29, 0.717) is 0 Å². The molecular weight excluding hydrogens is 258 g/mol. The second-order valence-electron chi connectivity index (χ2n) is 4.56. The highest BCUT2D eigenvalue weighted by molar-refractivity contribution is 6.30. The van der Waals surface area contributed by atoms with Crippen molar-refractivity contribution in [3.8, 4) is 0 Å². The van der Waals surface area contributed by atoms with Gasteiger partial charge >= 0.3 is 0 Å². The lowest BCUT2D eigenvalue weighted by atomic mass is 10.1. The highest BCUT2D eigenvalue weighted by atomic mass is 35.5. The van der Waals surface area contributed by atoms with Gasteiger partial charge in [-0.05, 0) is 36.8 Å². The van der Waals surface area contributed by atoms with Gasteiger partial charge in [0.15, 0.2) is 0 Å². The maximum Gasteiger partial charge on any atom is 0.0671 e. The van der Waals surface area contributed by atoms with Crippen LogP contribution in [0, 0.1) is 0 Å². The third kappa shape index (κ3) is 2.42. The summed E-state index contributed by atoms with van der Waals surface area (Å²) in [7, 11) is 0. The second-order valence-corrected chi connectivity index (χ2v) is 4.99. The molecule has 0 aliphatic carbocycles. The third-order valence-corrected chi connectivity index (χ3v) is 3.44. The number of hydrogen-bond donors (Lipinski definition) is 2. The molecule has 1 heterocycles. The van der Waals surface area contributed by atoms with E-state index in [4.69, 9.17) is 11.6 Å². The summed E-state index contributed by atoms with van der Waals surface area (Å²) in [5.41, 5.74) is 3.26. The monoisotopic (exact) mass is 271 g/mol. The average Bonchev–Trinajstić information content (AvgIpc) is 2.88. The predicted molar refractivity (Wildman–Crippen MR) is 79.6 cm³/mol. The molecule has 3 aromatic rings. The number of hydrogen-bond acceptors (Lipinski definition) is 2. The van der Waals surface area contributed by atoms with Crippen molar-refractivity contribution in [1.82, 2.24) is 10.2 Å². The van der Waals surface area contributed by atoms with Gasteiger partial charge in [0, 0.05) is 22.1 Å². The van der Waals surface area contributed by atoms with Crippen LogP contribution in [-0.4, -0.2) is 10.2 Å². The normalized spacial score (nSPS) is 12.5. The number of nitrogens with zero attached hydrogens (tertiary/aromatic N) is 1. The molecule has 0 saturated heterocycles. The van der Waals surface area contributed by atoms with Crippen molar-refractivity contribution in [2.45, 2.75) is 13.0 Å². The number of nitrogens with one attached hydrogen (secondary N) is 2. The molecule has 1 atom stereocenters. The summed E-state index contributed by atoms with van der Waals surface area (Å²) >= 11 is 6.03. The Morgan fingerprint density at radius 1 is 1.21 bits per heavy atom. The molecule has 1 unspecified atom stereocenters. The van der Waals surface area contributed by atoms with E-state index >= 15 is 0 Å². The van der Waals surface area contributed by atoms with E-state index in [9.17, 15) is 0 Å². The molecule has 96 valence electrons. The Morgan fingerprint density at radius 2 is 2.05 bits per heavy atom. The summed E-state index contributed by atoms with van der Waals surface area (Å²) in [6, 6.07) is 14.2. The Kier molecular flexibility index (Phi) is 3.13. The van der Waals surface area contributed by atoms with Gasteiger partial charge in [-0.1, -0.05) is 29.8 Å². The Labute approximate surface area is 116 Å². The van der Waals surface area contributed by atoms with E-state index < -0.39 is 0 Å². The van der Waals surface area contributed by atoms with Crippen molar-refractivity contribution >= 4 is 28.2 Å². The molecule has 0 fully saturated rings. The molecule has 0 aliphatic rings. The summed E-state index contributed by atoms with van der Waals surface area (Å²) in [6.45, 7) is 2.12. The van der Waals surface area contributed by atoms with Crippen molar-refractivity contribution < 1.29 is 0 Å². The van der Waals surface area contributed by atoms with Gasteiger partial charge in [0.1, 0.15) is 0 Å². The first kappa shape index (κ1) is 12.1. The predicted octanol–water partition coefficient (Wildman–Crippen LogP) is 4.39. The van der Waals surface area contributed by atoms with Crippen LogP contribution >= 0.6 is 11.6 Å². The van der Waals surface area contributed by atoms with Crippen molar-refractivity contribution in [2.24, 2.45) is 0 Å². The Balaban J connectivity index is 1.90. The van der Waals surface area contributed by atoms with Gasteiger partial charge in [0.25, 0.3) is 0 Å². The van der Waals surface area contributed by atoms with Crippen molar-refractivity contribution in [2.75, 3.05) is 5.32 Å². The molecule has 3 rings (SSSR count). The molecule has 3 nitrogen and oxygen atoms in total.